The lowest BCUT2D eigenvalue weighted by atomic mass is 10.0. The Hall–Kier alpha value is -0.970. The first-order chi connectivity index (χ1) is 9.88. The van der Waals surface area contributed by atoms with E-state index in [-0.39, 0.29) is 11.8 Å². The number of carbonyl (C=O) groups is 1. The third-order valence-corrected chi connectivity index (χ3v) is 4.51. The lowest BCUT2D eigenvalue weighted by Crippen LogP contribution is -2.39. The topological polar surface area (TPSA) is 49.8 Å². The molecule has 21 heavy (non-hydrogen) atoms. The minimum absolute atomic E-state index is 0.0794. The molecule has 1 saturated heterocycles. The summed E-state index contributed by atoms with van der Waals surface area (Å²) in [6.07, 6.45) is -0.174. The highest BCUT2D eigenvalue weighted by atomic mass is 35.5. The molecule has 3 unspecified atom stereocenters. The molecule has 1 heterocycles. The highest BCUT2D eigenvalue weighted by molar-refractivity contribution is 6.42. The number of carbonyl (C=O) groups excluding carboxylic acids is 1. The largest absolute Gasteiger partial charge is 0.481 e. The maximum atomic E-state index is 12.3. The lowest BCUT2D eigenvalue weighted by molar-refractivity contribution is -0.137. The molecular weight excluding hydrogens is 313 g/mol. The van der Waals surface area contributed by atoms with Crippen LogP contribution in [0.4, 0.5) is 0 Å². The van der Waals surface area contributed by atoms with Crippen molar-refractivity contribution in [1.29, 1.82) is 0 Å². The van der Waals surface area contributed by atoms with E-state index >= 15 is 0 Å². The van der Waals surface area contributed by atoms with Crippen molar-refractivity contribution < 1.29 is 14.6 Å². The van der Waals surface area contributed by atoms with Crippen molar-refractivity contribution in [2.75, 3.05) is 13.1 Å². The number of ether oxygens (including phenoxy) is 1. The highest BCUT2D eigenvalue weighted by Crippen LogP contribution is 2.27. The fraction of sp³-hybridized carbons (Fsp3) is 0.533. The van der Waals surface area contributed by atoms with Gasteiger partial charge in [-0.1, -0.05) is 23.2 Å². The molecule has 0 radical (unpaired) electrons. The number of likely N-dealkylation sites (tertiary alicyclic amines) is 1. The normalized spacial score (nSPS) is 21.2. The van der Waals surface area contributed by atoms with Gasteiger partial charge in [0.15, 0.2) is 6.10 Å². The summed E-state index contributed by atoms with van der Waals surface area (Å²) >= 11 is 11.8. The van der Waals surface area contributed by atoms with E-state index < -0.39 is 12.2 Å². The molecular formula is C15H19Cl2NO3. The quantitative estimate of drug-likeness (QED) is 0.922. The standard InChI is InChI=1S/C15H19Cl2NO3/c1-9(19)11-5-6-18(8-11)15(20)10(2)21-12-3-4-13(16)14(17)7-12/h3-4,7,9-11,19H,5-6,8H2,1-2H3. The molecule has 1 aromatic carbocycles. The summed E-state index contributed by atoms with van der Waals surface area (Å²) < 4.78 is 5.62. The molecule has 1 aliphatic rings. The molecule has 1 amide bonds. The van der Waals surface area contributed by atoms with Gasteiger partial charge in [-0.05, 0) is 32.4 Å². The van der Waals surface area contributed by atoms with Gasteiger partial charge in [0, 0.05) is 25.1 Å². The first-order valence-corrected chi connectivity index (χ1v) is 7.72. The molecule has 0 aromatic heterocycles. The maximum absolute atomic E-state index is 12.3. The van der Waals surface area contributed by atoms with Crippen molar-refractivity contribution in [2.24, 2.45) is 5.92 Å². The van der Waals surface area contributed by atoms with Gasteiger partial charge in [0.05, 0.1) is 16.1 Å². The van der Waals surface area contributed by atoms with E-state index in [1.165, 1.54) is 0 Å². The van der Waals surface area contributed by atoms with Crippen LogP contribution in [0.2, 0.25) is 10.0 Å². The number of benzene rings is 1. The Morgan fingerprint density at radius 3 is 2.67 bits per heavy atom. The van der Waals surface area contributed by atoms with Gasteiger partial charge in [-0.15, -0.1) is 0 Å². The fourth-order valence-corrected chi connectivity index (χ4v) is 2.73. The summed E-state index contributed by atoms with van der Waals surface area (Å²) in [5, 5.41) is 10.4. The van der Waals surface area contributed by atoms with Crippen LogP contribution in [-0.4, -0.2) is 41.2 Å². The molecule has 0 aliphatic carbocycles. The Bertz CT molecular complexity index is 522. The average molecular weight is 332 g/mol. The van der Waals surface area contributed by atoms with Crippen molar-refractivity contribution in [3.05, 3.63) is 28.2 Å². The second-order valence-electron chi connectivity index (χ2n) is 5.41. The molecule has 0 saturated carbocycles. The number of aliphatic hydroxyl groups is 1. The number of halogens is 2. The van der Waals surface area contributed by atoms with Gasteiger partial charge in [0.1, 0.15) is 5.75 Å². The molecule has 3 atom stereocenters. The first-order valence-electron chi connectivity index (χ1n) is 6.97. The zero-order chi connectivity index (χ0) is 15.6. The predicted molar refractivity (Wildman–Crippen MR) is 82.9 cm³/mol. The van der Waals surface area contributed by atoms with Gasteiger partial charge in [0.2, 0.25) is 0 Å². The van der Waals surface area contributed by atoms with E-state index in [1.807, 2.05) is 0 Å². The maximum Gasteiger partial charge on any atom is 0.263 e. The summed E-state index contributed by atoms with van der Waals surface area (Å²) in [6, 6.07) is 4.91. The third kappa shape index (κ3) is 4.02. The predicted octanol–water partition coefficient (Wildman–Crippen LogP) is 2.99. The van der Waals surface area contributed by atoms with Gasteiger partial charge >= 0.3 is 0 Å². The molecule has 2 rings (SSSR count). The number of nitrogens with zero attached hydrogens (tertiary/aromatic N) is 1. The monoisotopic (exact) mass is 331 g/mol. The van der Waals surface area contributed by atoms with E-state index in [2.05, 4.69) is 0 Å². The summed E-state index contributed by atoms with van der Waals surface area (Å²) in [7, 11) is 0. The van der Waals surface area contributed by atoms with Crippen LogP contribution < -0.4 is 4.74 Å². The number of aliphatic hydroxyl groups excluding tert-OH is 1. The Balaban J connectivity index is 1.95. The highest BCUT2D eigenvalue weighted by Gasteiger charge is 2.31. The Kier molecular flexibility index (Phi) is 5.36. The molecule has 1 aliphatic heterocycles. The van der Waals surface area contributed by atoms with Crippen LogP contribution in [0.3, 0.4) is 0 Å². The summed E-state index contributed by atoms with van der Waals surface area (Å²) in [5.41, 5.74) is 0. The van der Waals surface area contributed by atoms with E-state index in [9.17, 15) is 9.90 Å². The fourth-order valence-electron chi connectivity index (χ4n) is 2.44. The van der Waals surface area contributed by atoms with Crippen LogP contribution in [0.15, 0.2) is 18.2 Å². The van der Waals surface area contributed by atoms with E-state index in [0.29, 0.717) is 28.9 Å². The smallest absolute Gasteiger partial charge is 0.263 e. The van der Waals surface area contributed by atoms with Crippen LogP contribution >= 0.6 is 23.2 Å². The van der Waals surface area contributed by atoms with Crippen molar-refractivity contribution in [1.82, 2.24) is 4.90 Å². The second-order valence-corrected chi connectivity index (χ2v) is 6.22. The van der Waals surface area contributed by atoms with Crippen LogP contribution in [0.1, 0.15) is 20.3 Å². The molecule has 1 aromatic rings. The van der Waals surface area contributed by atoms with Crippen LogP contribution in [0, 0.1) is 5.92 Å². The molecule has 0 bridgehead atoms. The first kappa shape index (κ1) is 16.4. The van der Waals surface area contributed by atoms with Crippen molar-refractivity contribution in [3.63, 3.8) is 0 Å². The molecule has 1 fully saturated rings. The van der Waals surface area contributed by atoms with Crippen LogP contribution in [0.5, 0.6) is 5.75 Å². The van der Waals surface area contributed by atoms with Crippen LogP contribution in [0.25, 0.3) is 0 Å². The minimum Gasteiger partial charge on any atom is -0.481 e. The van der Waals surface area contributed by atoms with Crippen molar-refractivity contribution in [2.45, 2.75) is 32.5 Å². The van der Waals surface area contributed by atoms with Crippen molar-refractivity contribution >= 4 is 29.1 Å². The Morgan fingerprint density at radius 1 is 1.38 bits per heavy atom. The summed E-state index contributed by atoms with van der Waals surface area (Å²) in [6.45, 7) is 4.70. The lowest BCUT2D eigenvalue weighted by Gasteiger charge is -2.22. The second kappa shape index (κ2) is 6.86. The van der Waals surface area contributed by atoms with Gasteiger partial charge in [-0.3, -0.25) is 4.79 Å². The molecule has 6 heteroatoms. The summed E-state index contributed by atoms with van der Waals surface area (Å²) in [4.78, 5) is 14.1. The zero-order valence-electron chi connectivity index (χ0n) is 12.1. The van der Waals surface area contributed by atoms with Gasteiger partial charge < -0.3 is 14.7 Å². The molecule has 0 spiro atoms. The molecule has 1 N–H and O–H groups in total. The number of hydrogen-bond acceptors (Lipinski definition) is 3. The van der Waals surface area contributed by atoms with Crippen LogP contribution in [-0.2, 0) is 4.79 Å². The van der Waals surface area contributed by atoms with E-state index in [0.717, 1.165) is 6.42 Å². The molecule has 4 nitrogen and oxygen atoms in total. The number of rotatable bonds is 4. The average Bonchev–Trinajstić information content (AvgIpc) is 2.92. The SMILES string of the molecule is CC(Oc1ccc(Cl)c(Cl)c1)C(=O)N1CCC(C(C)O)C1. The van der Waals surface area contributed by atoms with Gasteiger partial charge in [-0.25, -0.2) is 0 Å². The number of amides is 1. The zero-order valence-corrected chi connectivity index (χ0v) is 13.6. The minimum atomic E-state index is -0.602. The van der Waals surface area contributed by atoms with Crippen molar-refractivity contribution in [3.8, 4) is 5.75 Å². The van der Waals surface area contributed by atoms with Gasteiger partial charge in [0.25, 0.3) is 5.91 Å². The van der Waals surface area contributed by atoms with E-state index in [4.69, 9.17) is 27.9 Å². The van der Waals surface area contributed by atoms with E-state index in [1.54, 1.807) is 36.9 Å². The van der Waals surface area contributed by atoms with Gasteiger partial charge in [-0.2, -0.15) is 0 Å². The number of hydrogen-bond donors (Lipinski definition) is 1. The Labute approximate surface area is 134 Å². The summed E-state index contributed by atoms with van der Waals surface area (Å²) in [5.74, 6) is 0.576. The molecule has 116 valence electrons. The Morgan fingerprint density at radius 2 is 2.10 bits per heavy atom. The third-order valence-electron chi connectivity index (χ3n) is 3.77.